The van der Waals surface area contributed by atoms with Gasteiger partial charge in [-0.05, 0) is 5.92 Å². The monoisotopic (exact) mass is 242 g/mol. The Labute approximate surface area is 100 Å². The first-order valence-electron chi connectivity index (χ1n) is 5.68. The summed E-state index contributed by atoms with van der Waals surface area (Å²) in [5.74, 6) is -2.65. The smallest absolute Gasteiger partial charge is 0.316 e. The number of rotatable bonds is 4. The van der Waals surface area contributed by atoms with E-state index in [2.05, 4.69) is 0 Å². The van der Waals surface area contributed by atoms with E-state index in [0.717, 1.165) is 6.41 Å². The van der Waals surface area contributed by atoms with Crippen molar-refractivity contribution < 1.29 is 19.5 Å². The number of hydrogen-bond donors (Lipinski definition) is 1. The van der Waals surface area contributed by atoms with Gasteiger partial charge in [0.05, 0.1) is 0 Å². The summed E-state index contributed by atoms with van der Waals surface area (Å²) in [5.41, 5.74) is 0. The van der Waals surface area contributed by atoms with Crippen LogP contribution in [0.1, 0.15) is 13.8 Å². The van der Waals surface area contributed by atoms with Crippen molar-refractivity contribution in [3.05, 3.63) is 0 Å². The van der Waals surface area contributed by atoms with Gasteiger partial charge < -0.3 is 14.9 Å². The van der Waals surface area contributed by atoms with E-state index in [1.54, 1.807) is 18.7 Å². The zero-order chi connectivity index (χ0) is 13.0. The standard InChI is InChI=1S/C11H18N2O4/c1-8(2)9(11(16)17)10(15)13-5-3-12(7-14)4-6-13/h7-9H,3-6H2,1-2H3,(H,16,17). The fourth-order valence-electron chi connectivity index (χ4n) is 1.92. The number of amides is 2. The Morgan fingerprint density at radius 2 is 1.71 bits per heavy atom. The average Bonchev–Trinajstić information content (AvgIpc) is 2.28. The predicted molar refractivity (Wildman–Crippen MR) is 60.2 cm³/mol. The van der Waals surface area contributed by atoms with E-state index in [4.69, 9.17) is 5.11 Å². The highest BCUT2D eigenvalue weighted by Gasteiger charge is 2.34. The lowest BCUT2D eigenvalue weighted by Crippen LogP contribution is -2.51. The number of carbonyl (C=O) groups is 3. The Balaban J connectivity index is 2.64. The van der Waals surface area contributed by atoms with Gasteiger partial charge in [0.2, 0.25) is 12.3 Å². The fourth-order valence-corrected chi connectivity index (χ4v) is 1.92. The minimum Gasteiger partial charge on any atom is -0.481 e. The molecule has 96 valence electrons. The van der Waals surface area contributed by atoms with E-state index >= 15 is 0 Å². The summed E-state index contributed by atoms with van der Waals surface area (Å²) in [7, 11) is 0. The third-order valence-electron chi connectivity index (χ3n) is 2.97. The molecule has 2 amide bonds. The van der Waals surface area contributed by atoms with E-state index in [9.17, 15) is 14.4 Å². The van der Waals surface area contributed by atoms with Crippen LogP contribution in [0.2, 0.25) is 0 Å². The molecule has 1 N–H and O–H groups in total. The van der Waals surface area contributed by atoms with E-state index in [1.165, 1.54) is 4.90 Å². The number of aliphatic carboxylic acids is 1. The highest BCUT2D eigenvalue weighted by Crippen LogP contribution is 2.16. The minimum atomic E-state index is -1.08. The molecule has 0 aromatic carbocycles. The van der Waals surface area contributed by atoms with Crippen LogP contribution in [0.15, 0.2) is 0 Å². The molecule has 1 saturated heterocycles. The number of piperazine rings is 1. The van der Waals surface area contributed by atoms with Gasteiger partial charge in [0.1, 0.15) is 5.92 Å². The minimum absolute atomic E-state index is 0.232. The van der Waals surface area contributed by atoms with Gasteiger partial charge in [-0.15, -0.1) is 0 Å². The SMILES string of the molecule is CC(C)C(C(=O)O)C(=O)N1CCN(C=O)CC1. The van der Waals surface area contributed by atoms with Crippen molar-refractivity contribution in [3.8, 4) is 0 Å². The maximum Gasteiger partial charge on any atom is 0.316 e. The number of carboxylic acid groups (broad SMARTS) is 1. The highest BCUT2D eigenvalue weighted by atomic mass is 16.4. The molecule has 1 aliphatic rings. The molecule has 17 heavy (non-hydrogen) atoms. The van der Waals surface area contributed by atoms with E-state index in [0.29, 0.717) is 26.2 Å². The lowest BCUT2D eigenvalue weighted by Gasteiger charge is -2.34. The number of hydrogen-bond acceptors (Lipinski definition) is 3. The summed E-state index contributed by atoms with van der Waals surface area (Å²) in [4.78, 5) is 36.7. The Kier molecular flexibility index (Phi) is 4.48. The molecule has 0 aliphatic carbocycles. The molecule has 1 unspecified atom stereocenters. The van der Waals surface area contributed by atoms with E-state index in [-0.39, 0.29) is 11.8 Å². The first-order chi connectivity index (χ1) is 7.97. The topological polar surface area (TPSA) is 77.9 Å². The Morgan fingerprint density at radius 3 is 2.06 bits per heavy atom. The van der Waals surface area contributed by atoms with Crippen LogP contribution < -0.4 is 0 Å². The largest absolute Gasteiger partial charge is 0.481 e. The molecule has 1 atom stereocenters. The van der Waals surface area contributed by atoms with Gasteiger partial charge in [-0.3, -0.25) is 14.4 Å². The Morgan fingerprint density at radius 1 is 1.18 bits per heavy atom. The lowest BCUT2D eigenvalue weighted by atomic mass is 9.94. The van der Waals surface area contributed by atoms with Gasteiger partial charge in [0.15, 0.2) is 0 Å². The molecular formula is C11H18N2O4. The third kappa shape index (κ3) is 3.18. The van der Waals surface area contributed by atoms with Gasteiger partial charge in [-0.2, -0.15) is 0 Å². The number of carboxylic acids is 1. The van der Waals surface area contributed by atoms with Crippen LogP contribution in [0, 0.1) is 11.8 Å². The van der Waals surface area contributed by atoms with Gasteiger partial charge in [-0.25, -0.2) is 0 Å². The summed E-state index contributed by atoms with van der Waals surface area (Å²) in [6, 6.07) is 0. The van der Waals surface area contributed by atoms with Crippen LogP contribution >= 0.6 is 0 Å². The maximum atomic E-state index is 12.0. The Hall–Kier alpha value is -1.59. The number of carbonyl (C=O) groups excluding carboxylic acids is 2. The molecule has 6 heteroatoms. The average molecular weight is 242 g/mol. The summed E-state index contributed by atoms with van der Waals surface area (Å²) < 4.78 is 0. The van der Waals surface area contributed by atoms with Gasteiger partial charge in [0.25, 0.3) is 0 Å². The summed E-state index contributed by atoms with van der Waals surface area (Å²) in [6.07, 6.45) is 0.749. The molecule has 0 bridgehead atoms. The zero-order valence-corrected chi connectivity index (χ0v) is 10.1. The van der Waals surface area contributed by atoms with Crippen molar-refractivity contribution >= 4 is 18.3 Å². The first kappa shape index (κ1) is 13.5. The molecule has 0 aromatic rings. The van der Waals surface area contributed by atoms with Crippen molar-refractivity contribution in [3.63, 3.8) is 0 Å². The van der Waals surface area contributed by atoms with Gasteiger partial charge >= 0.3 is 5.97 Å². The van der Waals surface area contributed by atoms with Crippen LogP contribution in [0.25, 0.3) is 0 Å². The van der Waals surface area contributed by atoms with Crippen molar-refractivity contribution in [2.24, 2.45) is 11.8 Å². The van der Waals surface area contributed by atoms with Crippen LogP contribution in [0.3, 0.4) is 0 Å². The van der Waals surface area contributed by atoms with E-state index < -0.39 is 11.9 Å². The summed E-state index contributed by atoms with van der Waals surface area (Å²) in [5, 5.41) is 9.03. The van der Waals surface area contributed by atoms with Crippen molar-refractivity contribution in [2.75, 3.05) is 26.2 Å². The predicted octanol–water partition coefficient (Wildman–Crippen LogP) is -0.356. The van der Waals surface area contributed by atoms with Crippen LogP contribution in [-0.4, -0.2) is 59.4 Å². The molecule has 1 fully saturated rings. The van der Waals surface area contributed by atoms with Crippen molar-refractivity contribution in [2.45, 2.75) is 13.8 Å². The van der Waals surface area contributed by atoms with Crippen molar-refractivity contribution in [1.82, 2.24) is 9.80 Å². The second-order valence-electron chi connectivity index (χ2n) is 4.53. The van der Waals surface area contributed by atoms with Crippen LogP contribution in [-0.2, 0) is 14.4 Å². The second kappa shape index (κ2) is 5.65. The molecule has 0 aromatic heterocycles. The van der Waals surface area contributed by atoms with Gasteiger partial charge in [-0.1, -0.05) is 13.8 Å². The Bertz CT molecular complexity index is 309. The molecule has 0 saturated carbocycles. The normalized spacial score (nSPS) is 18.1. The maximum absolute atomic E-state index is 12.0. The molecule has 0 radical (unpaired) electrons. The zero-order valence-electron chi connectivity index (χ0n) is 10.1. The van der Waals surface area contributed by atoms with Crippen LogP contribution in [0.4, 0.5) is 0 Å². The van der Waals surface area contributed by atoms with Gasteiger partial charge in [0, 0.05) is 26.2 Å². The fraction of sp³-hybridized carbons (Fsp3) is 0.727. The summed E-state index contributed by atoms with van der Waals surface area (Å²) in [6.45, 7) is 5.21. The van der Waals surface area contributed by atoms with Crippen molar-refractivity contribution in [1.29, 1.82) is 0 Å². The summed E-state index contributed by atoms with van der Waals surface area (Å²) >= 11 is 0. The molecule has 1 heterocycles. The quantitative estimate of drug-likeness (QED) is 0.539. The molecule has 1 aliphatic heterocycles. The molecule has 6 nitrogen and oxygen atoms in total. The second-order valence-corrected chi connectivity index (χ2v) is 4.53. The number of nitrogens with zero attached hydrogens (tertiary/aromatic N) is 2. The molecule has 0 spiro atoms. The first-order valence-corrected chi connectivity index (χ1v) is 5.68. The molecule has 1 rings (SSSR count). The third-order valence-corrected chi connectivity index (χ3v) is 2.97. The van der Waals surface area contributed by atoms with Crippen LogP contribution in [0.5, 0.6) is 0 Å². The van der Waals surface area contributed by atoms with E-state index in [1.807, 2.05) is 0 Å². The molecular weight excluding hydrogens is 224 g/mol. The lowest BCUT2D eigenvalue weighted by molar-refractivity contribution is -0.154. The highest BCUT2D eigenvalue weighted by molar-refractivity contribution is 5.97.